The third kappa shape index (κ3) is 10.7. The Labute approximate surface area is 283 Å². The summed E-state index contributed by atoms with van der Waals surface area (Å²) in [5, 5.41) is 15.7. The molecular formula is C37H49FN4O6. The minimum atomic E-state index is -0.544. The van der Waals surface area contributed by atoms with Crippen LogP contribution in [0.2, 0.25) is 0 Å². The number of likely N-dealkylation sites (N-methyl/N-ethyl adjacent to an activating group) is 1. The van der Waals surface area contributed by atoms with E-state index in [-0.39, 0.29) is 36.2 Å². The smallest absolute Gasteiger partial charge is 0.323 e. The third-order valence-electron chi connectivity index (χ3n) is 8.51. The summed E-state index contributed by atoms with van der Waals surface area (Å²) in [4.78, 5) is 31.0. The zero-order chi connectivity index (χ0) is 34.6. The summed E-state index contributed by atoms with van der Waals surface area (Å²) in [6, 6.07) is 17.3. The molecule has 1 heterocycles. The summed E-state index contributed by atoms with van der Waals surface area (Å²) in [6.07, 6.45) is 2.19. The average Bonchev–Trinajstić information content (AvgIpc) is 3.07. The fourth-order valence-electron chi connectivity index (χ4n) is 5.70. The Morgan fingerprint density at radius 1 is 1.06 bits per heavy atom. The summed E-state index contributed by atoms with van der Waals surface area (Å²) in [5.41, 5.74) is 2.23. The van der Waals surface area contributed by atoms with Crippen LogP contribution in [0.15, 0.2) is 66.7 Å². The normalized spacial score (nSPS) is 19.9. The van der Waals surface area contributed by atoms with Crippen LogP contribution in [0.4, 0.5) is 20.6 Å². The van der Waals surface area contributed by atoms with E-state index in [4.69, 9.17) is 14.2 Å². The molecule has 0 aliphatic carbocycles. The van der Waals surface area contributed by atoms with Crippen LogP contribution in [-0.2, 0) is 11.3 Å². The molecule has 0 bridgehead atoms. The van der Waals surface area contributed by atoms with Crippen molar-refractivity contribution < 1.29 is 33.3 Å². The van der Waals surface area contributed by atoms with Gasteiger partial charge in [0.2, 0.25) is 0 Å². The lowest BCUT2D eigenvalue weighted by atomic mass is 10.0. The number of aliphatic hydroxyl groups is 1. The van der Waals surface area contributed by atoms with Gasteiger partial charge in [0, 0.05) is 43.5 Å². The highest BCUT2D eigenvalue weighted by Gasteiger charge is 2.30. The first-order valence-corrected chi connectivity index (χ1v) is 16.6. The number of amides is 3. The lowest BCUT2D eigenvalue weighted by Gasteiger charge is -2.36. The number of methoxy groups -OCH3 is 1. The predicted molar refractivity (Wildman–Crippen MR) is 185 cm³/mol. The molecule has 0 fully saturated rings. The zero-order valence-corrected chi connectivity index (χ0v) is 28.6. The van der Waals surface area contributed by atoms with Gasteiger partial charge >= 0.3 is 6.03 Å². The second-order valence-electron chi connectivity index (χ2n) is 12.6. The molecule has 0 saturated carbocycles. The van der Waals surface area contributed by atoms with Crippen LogP contribution < -0.4 is 20.1 Å². The lowest BCUT2D eigenvalue weighted by molar-refractivity contribution is -0.0177. The molecule has 3 aromatic rings. The van der Waals surface area contributed by atoms with Crippen LogP contribution in [0.25, 0.3) is 0 Å². The Hall–Kier alpha value is -4.19. The number of nitrogens with one attached hydrogen (secondary N) is 2. The molecule has 10 nitrogen and oxygen atoms in total. The number of halogens is 1. The maximum absolute atomic E-state index is 14.4. The Morgan fingerprint density at radius 3 is 2.44 bits per heavy atom. The second-order valence-corrected chi connectivity index (χ2v) is 12.6. The molecule has 1 aliphatic rings. The zero-order valence-electron chi connectivity index (χ0n) is 28.6. The van der Waals surface area contributed by atoms with Crippen molar-refractivity contribution in [2.24, 2.45) is 5.92 Å². The molecule has 3 N–H and O–H groups in total. The first-order valence-electron chi connectivity index (χ1n) is 16.6. The molecule has 4 atom stereocenters. The number of rotatable bonds is 9. The molecule has 0 spiro atoms. The lowest BCUT2D eigenvalue weighted by Crippen LogP contribution is -2.47. The van der Waals surface area contributed by atoms with Gasteiger partial charge in [0.05, 0.1) is 37.5 Å². The molecular weight excluding hydrogens is 615 g/mol. The number of nitrogens with zero attached hydrogens (tertiary/aromatic N) is 2. The summed E-state index contributed by atoms with van der Waals surface area (Å²) in [7, 11) is 3.71. The van der Waals surface area contributed by atoms with E-state index in [2.05, 4.69) is 29.5 Å². The Bertz CT molecular complexity index is 1470. The van der Waals surface area contributed by atoms with Crippen molar-refractivity contribution in [2.45, 2.75) is 64.8 Å². The molecule has 11 heteroatoms. The van der Waals surface area contributed by atoms with Crippen molar-refractivity contribution >= 4 is 23.3 Å². The van der Waals surface area contributed by atoms with Crippen LogP contribution >= 0.6 is 0 Å². The average molecular weight is 665 g/mol. The summed E-state index contributed by atoms with van der Waals surface area (Å²) in [6.45, 7) is 7.91. The highest BCUT2D eigenvalue weighted by molar-refractivity contribution is 6.02. The van der Waals surface area contributed by atoms with E-state index in [0.29, 0.717) is 36.8 Å². The van der Waals surface area contributed by atoms with Crippen molar-refractivity contribution in [3.05, 3.63) is 83.7 Å². The maximum atomic E-state index is 14.4. The number of anilines is 2. The number of hydrogen-bond acceptors (Lipinski definition) is 7. The predicted octanol–water partition coefficient (Wildman–Crippen LogP) is 6.41. The van der Waals surface area contributed by atoms with E-state index >= 15 is 0 Å². The van der Waals surface area contributed by atoms with Crippen LogP contribution in [0.1, 0.15) is 56.0 Å². The molecule has 4 rings (SSSR count). The van der Waals surface area contributed by atoms with Gasteiger partial charge in [-0.25, -0.2) is 9.18 Å². The topological polar surface area (TPSA) is 113 Å². The molecule has 3 aromatic carbocycles. The maximum Gasteiger partial charge on any atom is 0.323 e. The van der Waals surface area contributed by atoms with Crippen LogP contribution in [-0.4, -0.2) is 85.6 Å². The van der Waals surface area contributed by atoms with Crippen molar-refractivity contribution in [2.75, 3.05) is 51.1 Å². The Kier molecular flexibility index (Phi) is 13.6. The molecule has 48 heavy (non-hydrogen) atoms. The molecule has 3 amide bonds. The number of ether oxygens (including phenoxy) is 3. The van der Waals surface area contributed by atoms with Crippen LogP contribution in [0, 0.1) is 11.7 Å². The SMILES string of the molecule is COc1ccc(CN(C)C[C@@H]2OCCCC[C@@H](C)Oc3ccc(NC(=O)Nc4ccc(F)cc4)cc3C(=O)N([C@H](C)CO)C[C@H]2C)cc1. The number of carbonyl (C=O) groups excluding carboxylic acids is 2. The van der Waals surface area contributed by atoms with Crippen molar-refractivity contribution in [3.8, 4) is 11.5 Å². The van der Waals surface area contributed by atoms with Crippen LogP contribution in [0.5, 0.6) is 11.5 Å². The molecule has 260 valence electrons. The van der Waals surface area contributed by atoms with Crippen molar-refractivity contribution in [1.29, 1.82) is 0 Å². The van der Waals surface area contributed by atoms with Crippen molar-refractivity contribution in [3.63, 3.8) is 0 Å². The molecule has 0 saturated heterocycles. The number of aliphatic hydroxyl groups excluding tert-OH is 1. The van der Waals surface area contributed by atoms with E-state index in [1.54, 1.807) is 37.1 Å². The van der Waals surface area contributed by atoms with Gasteiger partial charge in [-0.2, -0.15) is 0 Å². The number of fused-ring (bicyclic) bond motifs is 1. The van der Waals surface area contributed by atoms with Gasteiger partial charge in [-0.1, -0.05) is 19.1 Å². The number of hydrogen-bond donors (Lipinski definition) is 3. The monoisotopic (exact) mass is 664 g/mol. The summed E-state index contributed by atoms with van der Waals surface area (Å²) < 4.78 is 31.4. The van der Waals surface area contributed by atoms with E-state index < -0.39 is 17.9 Å². The van der Waals surface area contributed by atoms with Gasteiger partial charge in [-0.05, 0) is 100 Å². The third-order valence-corrected chi connectivity index (χ3v) is 8.51. The quantitative estimate of drug-likeness (QED) is 0.243. The highest BCUT2D eigenvalue weighted by Crippen LogP contribution is 2.29. The number of carbonyl (C=O) groups is 2. The molecule has 0 aromatic heterocycles. The van der Waals surface area contributed by atoms with Gasteiger partial charge < -0.3 is 34.9 Å². The minimum Gasteiger partial charge on any atom is -0.497 e. The van der Waals surface area contributed by atoms with Gasteiger partial charge in [-0.15, -0.1) is 0 Å². The van der Waals surface area contributed by atoms with E-state index in [0.717, 1.165) is 37.1 Å². The van der Waals surface area contributed by atoms with Crippen LogP contribution in [0.3, 0.4) is 0 Å². The first kappa shape index (κ1) is 36.6. The van der Waals surface area contributed by atoms with Gasteiger partial charge in [0.15, 0.2) is 0 Å². The molecule has 0 unspecified atom stereocenters. The summed E-state index contributed by atoms with van der Waals surface area (Å²) in [5.74, 6) is 0.411. The Morgan fingerprint density at radius 2 is 1.75 bits per heavy atom. The fraction of sp³-hybridized carbons (Fsp3) is 0.459. The van der Waals surface area contributed by atoms with Gasteiger partial charge in [0.25, 0.3) is 5.91 Å². The van der Waals surface area contributed by atoms with Gasteiger partial charge in [-0.3, -0.25) is 9.69 Å². The fourth-order valence-corrected chi connectivity index (χ4v) is 5.70. The highest BCUT2D eigenvalue weighted by atomic mass is 19.1. The largest absolute Gasteiger partial charge is 0.497 e. The molecule has 1 aliphatic heterocycles. The summed E-state index contributed by atoms with van der Waals surface area (Å²) >= 11 is 0. The van der Waals surface area contributed by atoms with E-state index in [1.807, 2.05) is 31.2 Å². The molecule has 0 radical (unpaired) electrons. The minimum absolute atomic E-state index is 0.0738. The number of benzene rings is 3. The number of urea groups is 1. The first-order chi connectivity index (χ1) is 23.1. The van der Waals surface area contributed by atoms with E-state index in [9.17, 15) is 19.1 Å². The Balaban J connectivity index is 1.57. The second kappa shape index (κ2) is 17.8. The van der Waals surface area contributed by atoms with E-state index in [1.165, 1.54) is 24.3 Å². The standard InChI is InChI=1S/C37H49FN4O6/c1-25-21-42(26(2)24-43)36(44)33-20-31(40-37(45)39-30-13-11-29(38)12-14-30)15-18-34(33)48-27(3)8-6-7-19-47-35(25)23-41(4)22-28-9-16-32(46-5)17-10-28/h9-18,20,25-27,35,43H,6-8,19,21-24H2,1-5H3,(H2,39,40,45)/t25-,26-,27-,35+/m1/s1. The van der Waals surface area contributed by atoms with Gasteiger partial charge in [0.1, 0.15) is 17.3 Å². The van der Waals surface area contributed by atoms with Crippen molar-refractivity contribution in [1.82, 2.24) is 9.80 Å².